The third-order valence-corrected chi connectivity index (χ3v) is 4.95. The van der Waals surface area contributed by atoms with Gasteiger partial charge in [-0.05, 0) is 47.9 Å². The number of anilines is 1. The van der Waals surface area contributed by atoms with Gasteiger partial charge in [0.25, 0.3) is 0 Å². The van der Waals surface area contributed by atoms with Crippen molar-refractivity contribution in [3.63, 3.8) is 0 Å². The van der Waals surface area contributed by atoms with Gasteiger partial charge in [-0.3, -0.25) is 9.78 Å². The molecule has 0 aliphatic heterocycles. The highest BCUT2D eigenvalue weighted by molar-refractivity contribution is 5.91. The summed E-state index contributed by atoms with van der Waals surface area (Å²) in [6, 6.07) is 8.39. The summed E-state index contributed by atoms with van der Waals surface area (Å²) < 4.78 is 52.3. The van der Waals surface area contributed by atoms with Gasteiger partial charge in [-0.2, -0.15) is 13.2 Å². The van der Waals surface area contributed by atoms with Crippen molar-refractivity contribution in [1.29, 1.82) is 0 Å². The fraction of sp³-hybridized carbons (Fsp3) is 0.174. The van der Waals surface area contributed by atoms with Gasteiger partial charge in [-0.25, -0.2) is 9.37 Å². The molecular weight excluding hydrogens is 410 g/mol. The standard InChI is InChI=1S/C23H17F4N3O/c1-13-6-16-8-17(11-28-20(16)7-13)14-2-3-15(19(24)9-14)10-22(31)30-21-5-4-18(12-29-21)23(25,26)27/h2-6,8-9,11-12H,7,10H2,1H3,(H,29,30,31). The van der Waals surface area contributed by atoms with Crippen LogP contribution in [0, 0.1) is 5.82 Å². The fourth-order valence-electron chi connectivity index (χ4n) is 3.39. The first kappa shape index (κ1) is 20.7. The predicted octanol–water partition coefficient (Wildman–Crippen LogP) is 5.44. The molecule has 8 heteroatoms. The lowest BCUT2D eigenvalue weighted by Crippen LogP contribution is -2.16. The molecule has 0 bridgehead atoms. The van der Waals surface area contributed by atoms with E-state index in [2.05, 4.69) is 21.4 Å². The zero-order chi connectivity index (χ0) is 22.2. The van der Waals surface area contributed by atoms with Gasteiger partial charge in [-0.1, -0.05) is 23.8 Å². The number of carbonyl (C=O) groups excluding carboxylic acids is 1. The topological polar surface area (TPSA) is 54.9 Å². The van der Waals surface area contributed by atoms with Crippen molar-refractivity contribution in [2.24, 2.45) is 0 Å². The Labute approximate surface area is 175 Å². The van der Waals surface area contributed by atoms with Crippen LogP contribution in [-0.4, -0.2) is 15.9 Å². The van der Waals surface area contributed by atoms with Crippen LogP contribution in [-0.2, 0) is 23.8 Å². The lowest BCUT2D eigenvalue weighted by Gasteiger charge is -2.09. The third kappa shape index (κ3) is 4.63. The molecule has 1 N–H and O–H groups in total. The van der Waals surface area contributed by atoms with E-state index < -0.39 is 23.5 Å². The highest BCUT2D eigenvalue weighted by Gasteiger charge is 2.30. The van der Waals surface area contributed by atoms with Crippen LogP contribution in [0.1, 0.15) is 29.3 Å². The molecule has 3 aromatic rings. The molecule has 4 rings (SSSR count). The Bertz CT molecular complexity index is 1180. The average Bonchev–Trinajstić information content (AvgIpc) is 3.08. The lowest BCUT2D eigenvalue weighted by molar-refractivity contribution is -0.137. The summed E-state index contributed by atoms with van der Waals surface area (Å²) in [6.07, 6.45) is 0.403. The Morgan fingerprint density at radius 1 is 1.06 bits per heavy atom. The number of allylic oxidation sites excluding steroid dienone is 1. The van der Waals surface area contributed by atoms with E-state index in [1.807, 2.05) is 13.0 Å². The summed E-state index contributed by atoms with van der Waals surface area (Å²) in [5.74, 6) is -1.18. The van der Waals surface area contributed by atoms with Gasteiger partial charge in [0.2, 0.25) is 5.91 Å². The summed E-state index contributed by atoms with van der Waals surface area (Å²) >= 11 is 0. The van der Waals surface area contributed by atoms with Crippen molar-refractivity contribution in [2.45, 2.75) is 25.9 Å². The Morgan fingerprint density at radius 3 is 2.55 bits per heavy atom. The minimum atomic E-state index is -4.51. The average molecular weight is 427 g/mol. The molecule has 0 radical (unpaired) electrons. The summed E-state index contributed by atoms with van der Waals surface area (Å²) in [5.41, 5.74) is 3.88. The number of amides is 1. The first-order valence-electron chi connectivity index (χ1n) is 9.47. The molecule has 2 heterocycles. The maximum Gasteiger partial charge on any atom is 0.417 e. The number of hydrogen-bond acceptors (Lipinski definition) is 3. The maximum atomic E-state index is 14.6. The van der Waals surface area contributed by atoms with Gasteiger partial charge in [-0.15, -0.1) is 0 Å². The van der Waals surface area contributed by atoms with E-state index in [0.717, 1.165) is 35.4 Å². The molecule has 0 spiro atoms. The molecule has 0 saturated carbocycles. The van der Waals surface area contributed by atoms with E-state index in [4.69, 9.17) is 0 Å². The number of hydrogen-bond donors (Lipinski definition) is 1. The molecule has 0 fully saturated rings. The number of benzene rings is 1. The van der Waals surface area contributed by atoms with Gasteiger partial charge in [0.1, 0.15) is 11.6 Å². The summed E-state index contributed by atoms with van der Waals surface area (Å²) in [6.45, 7) is 2.03. The Hall–Kier alpha value is -3.55. The van der Waals surface area contributed by atoms with Crippen molar-refractivity contribution in [3.05, 3.63) is 82.6 Å². The van der Waals surface area contributed by atoms with E-state index in [0.29, 0.717) is 11.8 Å². The minimum Gasteiger partial charge on any atom is -0.310 e. The molecule has 0 saturated heterocycles. The highest BCUT2D eigenvalue weighted by atomic mass is 19.4. The van der Waals surface area contributed by atoms with E-state index in [-0.39, 0.29) is 17.8 Å². The number of nitrogens with one attached hydrogen (secondary N) is 1. The van der Waals surface area contributed by atoms with Crippen molar-refractivity contribution in [3.8, 4) is 11.1 Å². The quantitative estimate of drug-likeness (QED) is 0.564. The summed E-state index contributed by atoms with van der Waals surface area (Å²) in [4.78, 5) is 20.2. The zero-order valence-corrected chi connectivity index (χ0v) is 16.4. The largest absolute Gasteiger partial charge is 0.417 e. The smallest absolute Gasteiger partial charge is 0.310 e. The van der Waals surface area contributed by atoms with Crippen molar-refractivity contribution < 1.29 is 22.4 Å². The second kappa shape index (κ2) is 7.94. The van der Waals surface area contributed by atoms with Crippen molar-refractivity contribution in [1.82, 2.24) is 9.97 Å². The van der Waals surface area contributed by atoms with Gasteiger partial charge in [0.15, 0.2) is 0 Å². The predicted molar refractivity (Wildman–Crippen MR) is 109 cm³/mol. The van der Waals surface area contributed by atoms with E-state index in [1.165, 1.54) is 17.7 Å². The Kier molecular flexibility index (Phi) is 5.31. The summed E-state index contributed by atoms with van der Waals surface area (Å²) in [5, 5.41) is 2.37. The van der Waals surface area contributed by atoms with Crippen LogP contribution in [0.4, 0.5) is 23.4 Å². The molecular formula is C23H17F4N3O. The number of fused-ring (bicyclic) bond motifs is 1. The van der Waals surface area contributed by atoms with Crippen LogP contribution in [0.15, 0.2) is 54.4 Å². The molecule has 1 aliphatic rings. The second-order valence-electron chi connectivity index (χ2n) is 7.39. The summed E-state index contributed by atoms with van der Waals surface area (Å²) in [7, 11) is 0. The maximum absolute atomic E-state index is 14.6. The van der Waals surface area contributed by atoms with E-state index in [9.17, 15) is 22.4 Å². The number of pyridine rings is 2. The van der Waals surface area contributed by atoms with Crippen LogP contribution in [0.3, 0.4) is 0 Å². The first-order valence-corrected chi connectivity index (χ1v) is 9.47. The lowest BCUT2D eigenvalue weighted by atomic mass is 10.0. The second-order valence-corrected chi connectivity index (χ2v) is 7.39. The van der Waals surface area contributed by atoms with E-state index in [1.54, 1.807) is 12.3 Å². The molecule has 2 aromatic heterocycles. The minimum absolute atomic E-state index is 0.0393. The van der Waals surface area contributed by atoms with Crippen LogP contribution < -0.4 is 5.32 Å². The molecule has 1 amide bonds. The van der Waals surface area contributed by atoms with Gasteiger partial charge >= 0.3 is 6.18 Å². The monoisotopic (exact) mass is 427 g/mol. The van der Waals surface area contributed by atoms with Crippen LogP contribution in [0.5, 0.6) is 0 Å². The van der Waals surface area contributed by atoms with Crippen LogP contribution >= 0.6 is 0 Å². The van der Waals surface area contributed by atoms with E-state index >= 15 is 0 Å². The number of nitrogens with zero attached hydrogens (tertiary/aromatic N) is 2. The fourth-order valence-corrected chi connectivity index (χ4v) is 3.39. The Balaban J connectivity index is 1.45. The molecule has 4 nitrogen and oxygen atoms in total. The third-order valence-electron chi connectivity index (χ3n) is 4.95. The number of halogens is 4. The number of alkyl halides is 3. The van der Waals surface area contributed by atoms with Crippen LogP contribution in [0.25, 0.3) is 17.2 Å². The molecule has 1 aliphatic carbocycles. The van der Waals surface area contributed by atoms with Gasteiger partial charge < -0.3 is 5.32 Å². The van der Waals surface area contributed by atoms with Crippen molar-refractivity contribution >= 4 is 17.8 Å². The van der Waals surface area contributed by atoms with Crippen LogP contribution in [0.2, 0.25) is 0 Å². The SMILES string of the molecule is CC1=Cc2cc(-c3ccc(CC(=O)Nc4ccc(C(F)(F)F)cn4)c(F)c3)cnc2C1. The molecule has 0 atom stereocenters. The molecule has 1 aromatic carbocycles. The highest BCUT2D eigenvalue weighted by Crippen LogP contribution is 2.30. The number of carbonyl (C=O) groups is 1. The molecule has 158 valence electrons. The number of aromatic nitrogens is 2. The normalized spacial score (nSPS) is 13.0. The first-order chi connectivity index (χ1) is 14.7. The van der Waals surface area contributed by atoms with Gasteiger partial charge in [0.05, 0.1) is 17.7 Å². The van der Waals surface area contributed by atoms with Crippen molar-refractivity contribution in [2.75, 3.05) is 5.32 Å². The Morgan fingerprint density at radius 2 is 1.87 bits per heavy atom. The molecule has 31 heavy (non-hydrogen) atoms. The zero-order valence-electron chi connectivity index (χ0n) is 16.4. The molecule has 0 unspecified atom stereocenters. The van der Waals surface area contributed by atoms with Gasteiger partial charge in [0, 0.05) is 24.4 Å². The number of rotatable bonds is 4.